The van der Waals surface area contributed by atoms with Crippen LogP contribution in [0.1, 0.15) is 31.4 Å². The van der Waals surface area contributed by atoms with Crippen LogP contribution in [0, 0.1) is 0 Å². The number of nitrogens with one attached hydrogen (secondary N) is 1. The van der Waals surface area contributed by atoms with Crippen LogP contribution >= 0.6 is 24.8 Å². The first-order chi connectivity index (χ1) is 10.2. The molecule has 1 aromatic carbocycles. The number of allylic oxidation sites excluding steroid dienone is 1. The van der Waals surface area contributed by atoms with Gasteiger partial charge in [-0.05, 0) is 30.5 Å². The molecule has 0 bridgehead atoms. The second-order valence-corrected chi connectivity index (χ2v) is 5.33. The van der Waals surface area contributed by atoms with Gasteiger partial charge in [0.05, 0.1) is 0 Å². The Morgan fingerprint density at radius 3 is 2.43 bits per heavy atom. The SMILES string of the molecule is C=CCC[C@@H](c1ccc(OC(C)=O)cc1)N1CCNCC1.Cl.Cl. The lowest BCUT2D eigenvalue weighted by Crippen LogP contribution is -2.45. The standard InChI is InChI=1S/C17H24N2O2.2ClH/c1-3-4-5-17(19-12-10-18-11-13-19)15-6-8-16(9-7-15)21-14(2)20;;/h3,6-9,17-18H,1,4-5,10-13H2,2H3;2*1H/t17-;;/m0../s1. The predicted octanol–water partition coefficient (Wildman–Crippen LogP) is 3.37. The predicted molar refractivity (Wildman–Crippen MR) is 98.9 cm³/mol. The number of hydrogen-bond acceptors (Lipinski definition) is 4. The second-order valence-electron chi connectivity index (χ2n) is 5.33. The van der Waals surface area contributed by atoms with Crippen LogP contribution in [0.4, 0.5) is 0 Å². The van der Waals surface area contributed by atoms with Crippen molar-refractivity contribution in [2.45, 2.75) is 25.8 Å². The Morgan fingerprint density at radius 1 is 1.30 bits per heavy atom. The molecule has 1 aliphatic heterocycles. The third kappa shape index (κ3) is 6.92. The number of carbonyl (C=O) groups excluding carboxylic acids is 1. The van der Waals surface area contributed by atoms with E-state index in [1.165, 1.54) is 12.5 Å². The number of hydrogen-bond donors (Lipinski definition) is 1. The van der Waals surface area contributed by atoms with E-state index >= 15 is 0 Å². The van der Waals surface area contributed by atoms with Crippen molar-refractivity contribution in [3.63, 3.8) is 0 Å². The van der Waals surface area contributed by atoms with E-state index in [2.05, 4.69) is 28.9 Å². The maximum atomic E-state index is 11.0. The van der Waals surface area contributed by atoms with E-state index < -0.39 is 0 Å². The van der Waals surface area contributed by atoms with Crippen LogP contribution < -0.4 is 10.1 Å². The lowest BCUT2D eigenvalue weighted by molar-refractivity contribution is -0.131. The number of ether oxygens (including phenoxy) is 1. The number of piperazine rings is 1. The molecule has 1 saturated heterocycles. The van der Waals surface area contributed by atoms with Gasteiger partial charge in [-0.15, -0.1) is 31.4 Å². The number of carbonyl (C=O) groups is 1. The Hall–Kier alpha value is -1.07. The highest BCUT2D eigenvalue weighted by Crippen LogP contribution is 2.27. The van der Waals surface area contributed by atoms with Crippen LogP contribution in [0.3, 0.4) is 0 Å². The van der Waals surface area contributed by atoms with Crippen LogP contribution in [0.2, 0.25) is 0 Å². The first kappa shape index (κ1) is 21.9. The monoisotopic (exact) mass is 360 g/mol. The Morgan fingerprint density at radius 2 is 1.91 bits per heavy atom. The van der Waals surface area contributed by atoms with Crippen LogP contribution in [0.5, 0.6) is 5.75 Å². The largest absolute Gasteiger partial charge is 0.427 e. The fraction of sp³-hybridized carbons (Fsp3) is 0.471. The van der Waals surface area contributed by atoms with Crippen LogP contribution in [-0.2, 0) is 4.79 Å². The van der Waals surface area contributed by atoms with E-state index in [4.69, 9.17) is 4.74 Å². The second kappa shape index (κ2) is 11.5. The van der Waals surface area contributed by atoms with E-state index in [0.717, 1.165) is 39.0 Å². The van der Waals surface area contributed by atoms with Crippen molar-refractivity contribution in [3.8, 4) is 5.75 Å². The van der Waals surface area contributed by atoms with Gasteiger partial charge in [0, 0.05) is 39.1 Å². The molecule has 1 N–H and O–H groups in total. The first-order valence-corrected chi connectivity index (χ1v) is 7.54. The number of rotatable bonds is 6. The molecule has 6 heteroatoms. The summed E-state index contributed by atoms with van der Waals surface area (Å²) in [5.41, 5.74) is 1.27. The summed E-state index contributed by atoms with van der Waals surface area (Å²) < 4.78 is 5.10. The first-order valence-electron chi connectivity index (χ1n) is 7.54. The van der Waals surface area contributed by atoms with Crippen molar-refractivity contribution < 1.29 is 9.53 Å². The highest BCUT2D eigenvalue weighted by molar-refractivity contribution is 5.85. The molecular formula is C17H26Cl2N2O2. The molecule has 4 nitrogen and oxygen atoms in total. The summed E-state index contributed by atoms with van der Waals surface area (Å²) in [4.78, 5) is 13.5. The number of nitrogens with zero attached hydrogens (tertiary/aromatic N) is 1. The zero-order chi connectivity index (χ0) is 15.1. The average molecular weight is 361 g/mol. The maximum Gasteiger partial charge on any atom is 0.308 e. The molecule has 2 rings (SSSR count). The lowest BCUT2D eigenvalue weighted by atomic mass is 9.99. The fourth-order valence-electron chi connectivity index (χ4n) is 2.75. The molecule has 0 saturated carbocycles. The maximum absolute atomic E-state index is 11.0. The van der Waals surface area contributed by atoms with Gasteiger partial charge in [0.2, 0.25) is 0 Å². The summed E-state index contributed by atoms with van der Waals surface area (Å²) >= 11 is 0. The van der Waals surface area contributed by atoms with E-state index in [1.807, 2.05) is 18.2 Å². The van der Waals surface area contributed by atoms with Gasteiger partial charge in [-0.3, -0.25) is 9.69 Å². The molecule has 0 aromatic heterocycles. The van der Waals surface area contributed by atoms with Crippen LogP contribution in [-0.4, -0.2) is 37.0 Å². The molecule has 1 fully saturated rings. The molecule has 0 spiro atoms. The van der Waals surface area contributed by atoms with E-state index in [0.29, 0.717) is 11.8 Å². The zero-order valence-electron chi connectivity index (χ0n) is 13.5. The van der Waals surface area contributed by atoms with Gasteiger partial charge in [0.1, 0.15) is 5.75 Å². The Bertz CT molecular complexity index is 474. The van der Waals surface area contributed by atoms with Gasteiger partial charge in [-0.25, -0.2) is 0 Å². The van der Waals surface area contributed by atoms with Crippen molar-refractivity contribution in [2.75, 3.05) is 26.2 Å². The summed E-state index contributed by atoms with van der Waals surface area (Å²) in [6, 6.07) is 8.28. The quantitative estimate of drug-likeness (QED) is 0.479. The van der Waals surface area contributed by atoms with Crippen molar-refractivity contribution in [1.29, 1.82) is 0 Å². The molecule has 1 aliphatic rings. The van der Waals surface area contributed by atoms with Gasteiger partial charge in [0.25, 0.3) is 0 Å². The van der Waals surface area contributed by atoms with Crippen molar-refractivity contribution in [3.05, 3.63) is 42.5 Å². The normalized spacial score (nSPS) is 15.7. The molecule has 0 unspecified atom stereocenters. The van der Waals surface area contributed by atoms with Crippen molar-refractivity contribution in [1.82, 2.24) is 10.2 Å². The topological polar surface area (TPSA) is 41.6 Å². The highest BCUT2D eigenvalue weighted by Gasteiger charge is 2.21. The van der Waals surface area contributed by atoms with Gasteiger partial charge >= 0.3 is 5.97 Å². The Labute approximate surface area is 151 Å². The average Bonchev–Trinajstić information content (AvgIpc) is 2.50. The molecule has 1 aromatic rings. The minimum absolute atomic E-state index is 0. The minimum atomic E-state index is -0.284. The number of benzene rings is 1. The molecular weight excluding hydrogens is 335 g/mol. The summed E-state index contributed by atoms with van der Waals surface area (Å²) in [7, 11) is 0. The van der Waals surface area contributed by atoms with E-state index in [-0.39, 0.29) is 30.8 Å². The molecule has 23 heavy (non-hydrogen) atoms. The third-order valence-electron chi connectivity index (χ3n) is 3.76. The van der Waals surface area contributed by atoms with Gasteiger partial charge in [-0.2, -0.15) is 0 Å². The third-order valence-corrected chi connectivity index (χ3v) is 3.76. The van der Waals surface area contributed by atoms with Gasteiger partial charge in [-0.1, -0.05) is 18.2 Å². The van der Waals surface area contributed by atoms with E-state index in [1.54, 1.807) is 0 Å². The number of halogens is 2. The summed E-state index contributed by atoms with van der Waals surface area (Å²) in [5, 5.41) is 3.39. The minimum Gasteiger partial charge on any atom is -0.427 e. The van der Waals surface area contributed by atoms with Crippen molar-refractivity contribution >= 4 is 30.8 Å². The Balaban J connectivity index is 0.00000242. The van der Waals surface area contributed by atoms with Crippen LogP contribution in [0.25, 0.3) is 0 Å². The number of esters is 1. The Kier molecular flexibility index (Phi) is 10.9. The summed E-state index contributed by atoms with van der Waals surface area (Å²) in [6.45, 7) is 9.45. The molecule has 0 radical (unpaired) electrons. The molecule has 0 aliphatic carbocycles. The van der Waals surface area contributed by atoms with Crippen molar-refractivity contribution in [2.24, 2.45) is 0 Å². The summed E-state index contributed by atoms with van der Waals surface area (Å²) in [5.74, 6) is 0.321. The highest BCUT2D eigenvalue weighted by atomic mass is 35.5. The molecule has 1 atom stereocenters. The molecule has 130 valence electrons. The zero-order valence-corrected chi connectivity index (χ0v) is 15.1. The van der Waals surface area contributed by atoms with Gasteiger partial charge < -0.3 is 10.1 Å². The lowest BCUT2D eigenvalue weighted by Gasteiger charge is -2.35. The summed E-state index contributed by atoms with van der Waals surface area (Å²) in [6.07, 6.45) is 4.04. The van der Waals surface area contributed by atoms with Gasteiger partial charge in [0.15, 0.2) is 0 Å². The molecule has 1 heterocycles. The van der Waals surface area contributed by atoms with E-state index in [9.17, 15) is 4.79 Å². The van der Waals surface area contributed by atoms with Crippen LogP contribution in [0.15, 0.2) is 36.9 Å². The fourth-order valence-corrected chi connectivity index (χ4v) is 2.75. The molecule has 0 amide bonds. The smallest absolute Gasteiger partial charge is 0.308 e.